The summed E-state index contributed by atoms with van der Waals surface area (Å²) < 4.78 is 28.5. The molecule has 96 valence electrons. The van der Waals surface area contributed by atoms with Gasteiger partial charge in [-0.05, 0) is 25.5 Å². The Kier molecular flexibility index (Phi) is 5.12. The molecule has 1 N–H and O–H groups in total. The molecule has 17 heavy (non-hydrogen) atoms. The molecule has 0 atom stereocenters. The van der Waals surface area contributed by atoms with E-state index in [0.717, 1.165) is 10.0 Å². The zero-order valence-electron chi connectivity index (χ0n) is 10.1. The van der Waals surface area contributed by atoms with Gasteiger partial charge in [0.25, 0.3) is 10.2 Å². The van der Waals surface area contributed by atoms with Crippen molar-refractivity contribution in [2.75, 3.05) is 7.05 Å². The molecule has 0 aliphatic carbocycles. The minimum atomic E-state index is -3.41. The van der Waals surface area contributed by atoms with Crippen LogP contribution in [0.25, 0.3) is 0 Å². The monoisotopic (exact) mass is 320 g/mol. The standard InChI is InChI=1S/C11H17BrN2O2S/c1-9(2)14(3)17(15,16)13-8-10-6-4-5-7-11(10)12/h4-7,9,13H,8H2,1-3H3. The average Bonchev–Trinajstić information content (AvgIpc) is 2.27. The van der Waals surface area contributed by atoms with Crippen LogP contribution in [0.1, 0.15) is 19.4 Å². The van der Waals surface area contributed by atoms with Crippen molar-refractivity contribution >= 4 is 26.1 Å². The lowest BCUT2D eigenvalue weighted by Crippen LogP contribution is -2.41. The highest BCUT2D eigenvalue weighted by Gasteiger charge is 2.19. The minimum absolute atomic E-state index is 0.0632. The van der Waals surface area contributed by atoms with Crippen molar-refractivity contribution in [2.45, 2.75) is 26.4 Å². The van der Waals surface area contributed by atoms with Crippen LogP contribution in [0.2, 0.25) is 0 Å². The molecule has 1 aromatic carbocycles. The van der Waals surface area contributed by atoms with Gasteiger partial charge in [0, 0.05) is 24.1 Å². The number of hydrogen-bond acceptors (Lipinski definition) is 2. The molecule has 0 bridgehead atoms. The lowest BCUT2D eigenvalue weighted by Gasteiger charge is -2.21. The fourth-order valence-electron chi connectivity index (χ4n) is 1.19. The summed E-state index contributed by atoms with van der Waals surface area (Å²) >= 11 is 3.38. The van der Waals surface area contributed by atoms with Gasteiger partial charge in [-0.15, -0.1) is 0 Å². The first kappa shape index (κ1) is 14.6. The summed E-state index contributed by atoms with van der Waals surface area (Å²) in [5.74, 6) is 0. The van der Waals surface area contributed by atoms with Gasteiger partial charge in [0.15, 0.2) is 0 Å². The molecule has 0 heterocycles. The van der Waals surface area contributed by atoms with E-state index >= 15 is 0 Å². The summed E-state index contributed by atoms with van der Waals surface area (Å²) in [6.07, 6.45) is 0. The summed E-state index contributed by atoms with van der Waals surface area (Å²) in [5.41, 5.74) is 0.910. The first-order chi connectivity index (χ1) is 7.84. The van der Waals surface area contributed by atoms with Crippen LogP contribution >= 0.6 is 15.9 Å². The van der Waals surface area contributed by atoms with Gasteiger partial charge in [0.1, 0.15) is 0 Å². The molecule has 0 saturated heterocycles. The zero-order valence-corrected chi connectivity index (χ0v) is 12.5. The second-order valence-corrected chi connectivity index (χ2v) is 6.70. The number of rotatable bonds is 5. The van der Waals surface area contributed by atoms with Gasteiger partial charge in [-0.1, -0.05) is 34.1 Å². The molecule has 0 aliphatic rings. The van der Waals surface area contributed by atoms with Crippen LogP contribution in [0.3, 0.4) is 0 Å². The Balaban J connectivity index is 2.72. The fourth-order valence-corrected chi connectivity index (χ4v) is 2.71. The second-order valence-electron chi connectivity index (χ2n) is 4.03. The molecule has 1 rings (SSSR count). The molecule has 0 aromatic heterocycles. The first-order valence-corrected chi connectivity index (χ1v) is 7.54. The van der Waals surface area contributed by atoms with Crippen LogP contribution < -0.4 is 4.72 Å². The van der Waals surface area contributed by atoms with E-state index in [1.807, 2.05) is 38.1 Å². The third kappa shape index (κ3) is 4.06. The highest BCUT2D eigenvalue weighted by Crippen LogP contribution is 2.15. The van der Waals surface area contributed by atoms with Crippen molar-refractivity contribution in [3.63, 3.8) is 0 Å². The van der Waals surface area contributed by atoms with Crippen LogP contribution in [0.4, 0.5) is 0 Å². The Hall–Kier alpha value is -0.430. The van der Waals surface area contributed by atoms with E-state index in [1.165, 1.54) is 4.31 Å². The van der Waals surface area contributed by atoms with Gasteiger partial charge in [-0.25, -0.2) is 0 Å². The van der Waals surface area contributed by atoms with Gasteiger partial charge >= 0.3 is 0 Å². The SMILES string of the molecule is CC(C)N(C)S(=O)(=O)NCc1ccccc1Br. The van der Waals surface area contributed by atoms with Crippen molar-refractivity contribution in [3.8, 4) is 0 Å². The predicted molar refractivity (Wildman–Crippen MR) is 72.8 cm³/mol. The number of nitrogens with zero attached hydrogens (tertiary/aromatic N) is 1. The van der Waals surface area contributed by atoms with Crippen molar-refractivity contribution in [3.05, 3.63) is 34.3 Å². The summed E-state index contributed by atoms with van der Waals surface area (Å²) in [4.78, 5) is 0. The highest BCUT2D eigenvalue weighted by molar-refractivity contribution is 9.10. The van der Waals surface area contributed by atoms with Crippen LogP contribution in [0.15, 0.2) is 28.7 Å². The largest absolute Gasteiger partial charge is 0.279 e. The summed E-state index contributed by atoms with van der Waals surface area (Å²) in [6.45, 7) is 3.94. The highest BCUT2D eigenvalue weighted by atomic mass is 79.9. The first-order valence-electron chi connectivity index (χ1n) is 5.30. The molecule has 0 saturated carbocycles. The van der Waals surface area contributed by atoms with Crippen LogP contribution in [0.5, 0.6) is 0 Å². The smallest absolute Gasteiger partial charge is 0.198 e. The molecule has 1 aromatic rings. The number of halogens is 1. The van der Waals surface area contributed by atoms with E-state index in [0.29, 0.717) is 0 Å². The van der Waals surface area contributed by atoms with Crippen molar-refractivity contribution < 1.29 is 8.42 Å². The van der Waals surface area contributed by atoms with Gasteiger partial charge in [-0.3, -0.25) is 0 Å². The predicted octanol–water partition coefficient (Wildman–Crippen LogP) is 2.12. The Morgan fingerprint density at radius 1 is 1.35 bits per heavy atom. The topological polar surface area (TPSA) is 49.4 Å². The Bertz CT molecular complexity index is 474. The maximum atomic E-state index is 11.9. The molecule has 0 aliphatic heterocycles. The van der Waals surface area contributed by atoms with E-state index in [-0.39, 0.29) is 12.6 Å². The molecule has 0 amide bonds. The number of hydrogen-bond donors (Lipinski definition) is 1. The molecule has 4 nitrogen and oxygen atoms in total. The van der Waals surface area contributed by atoms with Gasteiger partial charge < -0.3 is 0 Å². The molecule has 0 spiro atoms. The Labute approximate surface area is 111 Å². The Morgan fingerprint density at radius 3 is 2.47 bits per heavy atom. The van der Waals surface area contributed by atoms with E-state index in [2.05, 4.69) is 20.7 Å². The van der Waals surface area contributed by atoms with E-state index in [9.17, 15) is 8.42 Å². The lowest BCUT2D eigenvalue weighted by molar-refractivity contribution is 0.402. The third-order valence-electron chi connectivity index (χ3n) is 2.51. The fraction of sp³-hybridized carbons (Fsp3) is 0.455. The van der Waals surface area contributed by atoms with Gasteiger partial charge in [0.2, 0.25) is 0 Å². The van der Waals surface area contributed by atoms with E-state index < -0.39 is 10.2 Å². The molecular formula is C11H17BrN2O2S. The van der Waals surface area contributed by atoms with Gasteiger partial charge in [-0.2, -0.15) is 17.4 Å². The molecule has 0 fully saturated rings. The molecular weight excluding hydrogens is 304 g/mol. The molecule has 6 heteroatoms. The maximum absolute atomic E-state index is 11.9. The lowest BCUT2D eigenvalue weighted by atomic mass is 10.2. The average molecular weight is 321 g/mol. The summed E-state index contributed by atoms with van der Waals surface area (Å²) in [6, 6.07) is 7.47. The van der Waals surface area contributed by atoms with Crippen LogP contribution in [-0.2, 0) is 16.8 Å². The van der Waals surface area contributed by atoms with Crippen molar-refractivity contribution in [1.29, 1.82) is 0 Å². The third-order valence-corrected chi connectivity index (χ3v) is 4.97. The molecule has 0 radical (unpaired) electrons. The quantitative estimate of drug-likeness (QED) is 0.903. The Morgan fingerprint density at radius 2 is 1.94 bits per heavy atom. The number of nitrogens with one attached hydrogen (secondary N) is 1. The second kappa shape index (κ2) is 5.95. The van der Waals surface area contributed by atoms with Crippen molar-refractivity contribution in [1.82, 2.24) is 9.03 Å². The van der Waals surface area contributed by atoms with Gasteiger partial charge in [0.05, 0.1) is 0 Å². The van der Waals surface area contributed by atoms with Crippen LogP contribution in [-0.4, -0.2) is 25.8 Å². The van der Waals surface area contributed by atoms with E-state index in [4.69, 9.17) is 0 Å². The number of benzene rings is 1. The minimum Gasteiger partial charge on any atom is -0.198 e. The van der Waals surface area contributed by atoms with Crippen LogP contribution in [0, 0.1) is 0 Å². The van der Waals surface area contributed by atoms with Crippen molar-refractivity contribution in [2.24, 2.45) is 0 Å². The normalized spacial score (nSPS) is 12.4. The summed E-state index contributed by atoms with van der Waals surface area (Å²) in [5, 5.41) is 0. The molecule has 0 unspecified atom stereocenters. The zero-order chi connectivity index (χ0) is 13.1. The van der Waals surface area contributed by atoms with E-state index in [1.54, 1.807) is 7.05 Å². The maximum Gasteiger partial charge on any atom is 0.279 e. The summed E-state index contributed by atoms with van der Waals surface area (Å²) in [7, 11) is -1.85.